The van der Waals surface area contributed by atoms with Crippen molar-refractivity contribution in [3.05, 3.63) is 16.0 Å². The van der Waals surface area contributed by atoms with Gasteiger partial charge in [0, 0.05) is 11.4 Å². The van der Waals surface area contributed by atoms with E-state index in [-0.39, 0.29) is 5.91 Å². The van der Waals surface area contributed by atoms with Crippen LogP contribution in [0.25, 0.3) is 0 Å². The van der Waals surface area contributed by atoms with E-state index in [1.807, 2.05) is 13.8 Å². The van der Waals surface area contributed by atoms with Gasteiger partial charge in [0.2, 0.25) is 5.91 Å². The van der Waals surface area contributed by atoms with Crippen LogP contribution in [-0.4, -0.2) is 37.0 Å². The molecule has 0 radical (unpaired) electrons. The van der Waals surface area contributed by atoms with E-state index in [2.05, 4.69) is 16.3 Å². The highest BCUT2D eigenvalue weighted by molar-refractivity contribution is 7.16. The molecule has 2 rings (SSSR count). The fourth-order valence-electron chi connectivity index (χ4n) is 2.47. The largest absolute Gasteiger partial charge is 0.330 e. The van der Waals surface area contributed by atoms with Crippen molar-refractivity contribution < 1.29 is 4.79 Å². The van der Waals surface area contributed by atoms with Crippen molar-refractivity contribution in [2.45, 2.75) is 20.3 Å². The number of hydrogen-bond acceptors (Lipinski definition) is 5. The SMILES string of the molecule is Cc1sc(NC(=O)CN2CCC(CN)C2)c(C#N)c1C. The van der Waals surface area contributed by atoms with Crippen molar-refractivity contribution in [2.24, 2.45) is 11.7 Å². The second-order valence-electron chi connectivity index (χ2n) is 5.27. The van der Waals surface area contributed by atoms with Crippen LogP contribution in [-0.2, 0) is 4.79 Å². The van der Waals surface area contributed by atoms with Crippen LogP contribution < -0.4 is 11.1 Å². The van der Waals surface area contributed by atoms with E-state index in [0.717, 1.165) is 30.0 Å². The zero-order chi connectivity index (χ0) is 14.7. The summed E-state index contributed by atoms with van der Waals surface area (Å²) in [6, 6.07) is 2.17. The smallest absolute Gasteiger partial charge is 0.239 e. The maximum absolute atomic E-state index is 12.1. The summed E-state index contributed by atoms with van der Waals surface area (Å²) in [6.45, 7) is 6.73. The number of rotatable bonds is 4. The standard InChI is InChI=1S/C14H20N4OS/c1-9-10(2)20-14(12(9)6-16)17-13(19)8-18-4-3-11(5-15)7-18/h11H,3-5,7-8,15H2,1-2H3,(H,17,19). The molecular formula is C14H20N4OS. The topological polar surface area (TPSA) is 82.2 Å². The van der Waals surface area contributed by atoms with Crippen molar-refractivity contribution >= 4 is 22.2 Å². The van der Waals surface area contributed by atoms with Crippen molar-refractivity contribution in [1.82, 2.24) is 4.90 Å². The number of carbonyl (C=O) groups excluding carboxylic acids is 1. The minimum absolute atomic E-state index is 0.0552. The molecule has 0 spiro atoms. The fraction of sp³-hybridized carbons (Fsp3) is 0.571. The Balaban J connectivity index is 1.96. The van der Waals surface area contributed by atoms with Gasteiger partial charge in [-0.3, -0.25) is 9.69 Å². The number of anilines is 1. The molecule has 1 atom stereocenters. The number of nitriles is 1. The minimum atomic E-state index is -0.0552. The average Bonchev–Trinajstić information content (AvgIpc) is 2.95. The van der Waals surface area contributed by atoms with Gasteiger partial charge in [-0.1, -0.05) is 0 Å². The Morgan fingerprint density at radius 1 is 1.60 bits per heavy atom. The molecule has 1 amide bonds. The number of hydrogen-bond donors (Lipinski definition) is 2. The first-order chi connectivity index (χ1) is 9.55. The van der Waals surface area contributed by atoms with E-state index in [0.29, 0.717) is 29.6 Å². The van der Waals surface area contributed by atoms with Crippen LogP contribution in [0.2, 0.25) is 0 Å². The summed E-state index contributed by atoms with van der Waals surface area (Å²) in [5, 5.41) is 12.7. The average molecular weight is 292 g/mol. The first-order valence-corrected chi connectivity index (χ1v) is 7.59. The Kier molecular flexibility index (Phi) is 4.76. The zero-order valence-electron chi connectivity index (χ0n) is 11.9. The molecule has 6 heteroatoms. The predicted octanol–water partition coefficient (Wildman–Crippen LogP) is 1.46. The van der Waals surface area contributed by atoms with Crippen molar-refractivity contribution in [2.75, 3.05) is 31.5 Å². The quantitative estimate of drug-likeness (QED) is 0.880. The van der Waals surface area contributed by atoms with Crippen LogP contribution >= 0.6 is 11.3 Å². The van der Waals surface area contributed by atoms with E-state index >= 15 is 0 Å². The third-order valence-electron chi connectivity index (χ3n) is 3.82. The molecular weight excluding hydrogens is 272 g/mol. The Labute approximate surface area is 123 Å². The van der Waals surface area contributed by atoms with Crippen molar-refractivity contribution in [3.63, 3.8) is 0 Å². The highest BCUT2D eigenvalue weighted by atomic mass is 32.1. The highest BCUT2D eigenvalue weighted by Gasteiger charge is 2.23. The number of amides is 1. The molecule has 0 aliphatic carbocycles. The molecule has 0 saturated carbocycles. The number of nitrogens with two attached hydrogens (primary N) is 1. The zero-order valence-corrected chi connectivity index (χ0v) is 12.7. The molecule has 5 nitrogen and oxygen atoms in total. The summed E-state index contributed by atoms with van der Waals surface area (Å²) in [7, 11) is 0. The van der Waals surface area contributed by atoms with Crippen LogP contribution in [0.5, 0.6) is 0 Å². The summed E-state index contributed by atoms with van der Waals surface area (Å²) in [5.74, 6) is 0.448. The van der Waals surface area contributed by atoms with Gasteiger partial charge in [-0.15, -0.1) is 11.3 Å². The molecule has 1 saturated heterocycles. The lowest BCUT2D eigenvalue weighted by Gasteiger charge is -2.14. The Hall–Kier alpha value is -1.42. The van der Waals surface area contributed by atoms with Crippen LogP contribution in [0.3, 0.4) is 0 Å². The van der Waals surface area contributed by atoms with Gasteiger partial charge in [0.1, 0.15) is 11.1 Å². The Bertz CT molecular complexity index is 546. The van der Waals surface area contributed by atoms with Gasteiger partial charge in [-0.2, -0.15) is 5.26 Å². The predicted molar refractivity (Wildman–Crippen MR) is 80.7 cm³/mol. The number of thiophene rings is 1. The summed E-state index contributed by atoms with van der Waals surface area (Å²) in [6.07, 6.45) is 1.06. The second-order valence-corrected chi connectivity index (χ2v) is 6.50. The summed E-state index contributed by atoms with van der Waals surface area (Å²) >= 11 is 1.46. The van der Waals surface area contributed by atoms with Crippen LogP contribution in [0.1, 0.15) is 22.4 Å². The lowest BCUT2D eigenvalue weighted by molar-refractivity contribution is -0.117. The first kappa shape index (κ1) is 15.0. The number of nitrogens with one attached hydrogen (secondary N) is 1. The monoisotopic (exact) mass is 292 g/mol. The third kappa shape index (κ3) is 3.18. The lowest BCUT2D eigenvalue weighted by atomic mass is 10.1. The molecule has 1 aliphatic heterocycles. The molecule has 0 aromatic carbocycles. The van der Waals surface area contributed by atoms with Gasteiger partial charge in [-0.05, 0) is 44.8 Å². The van der Waals surface area contributed by atoms with E-state index in [1.165, 1.54) is 11.3 Å². The summed E-state index contributed by atoms with van der Waals surface area (Å²) in [5.41, 5.74) is 7.19. The molecule has 20 heavy (non-hydrogen) atoms. The fourth-order valence-corrected chi connectivity index (χ4v) is 3.49. The molecule has 3 N–H and O–H groups in total. The highest BCUT2D eigenvalue weighted by Crippen LogP contribution is 2.31. The van der Waals surface area contributed by atoms with Crippen molar-refractivity contribution in [3.8, 4) is 6.07 Å². The van der Waals surface area contributed by atoms with Gasteiger partial charge >= 0.3 is 0 Å². The molecule has 1 aliphatic rings. The Morgan fingerprint density at radius 2 is 2.35 bits per heavy atom. The van der Waals surface area contributed by atoms with E-state index in [1.54, 1.807) is 0 Å². The molecule has 108 valence electrons. The molecule has 2 heterocycles. The number of aryl methyl sites for hydroxylation is 1. The molecule has 1 aromatic heterocycles. The third-order valence-corrected chi connectivity index (χ3v) is 4.94. The minimum Gasteiger partial charge on any atom is -0.330 e. The maximum atomic E-state index is 12.1. The Morgan fingerprint density at radius 3 is 2.95 bits per heavy atom. The summed E-state index contributed by atoms with van der Waals surface area (Å²) in [4.78, 5) is 15.3. The second kappa shape index (κ2) is 6.35. The van der Waals surface area contributed by atoms with E-state index < -0.39 is 0 Å². The van der Waals surface area contributed by atoms with Crippen LogP contribution in [0.15, 0.2) is 0 Å². The number of carbonyl (C=O) groups is 1. The number of nitrogens with zero attached hydrogens (tertiary/aromatic N) is 2. The van der Waals surface area contributed by atoms with Gasteiger partial charge in [0.15, 0.2) is 0 Å². The molecule has 1 aromatic rings. The first-order valence-electron chi connectivity index (χ1n) is 6.77. The van der Waals surface area contributed by atoms with E-state index in [9.17, 15) is 4.79 Å². The van der Waals surface area contributed by atoms with Gasteiger partial charge < -0.3 is 11.1 Å². The van der Waals surface area contributed by atoms with Gasteiger partial charge in [-0.25, -0.2) is 0 Å². The molecule has 1 unspecified atom stereocenters. The number of likely N-dealkylation sites (tertiary alicyclic amines) is 1. The van der Waals surface area contributed by atoms with Crippen LogP contribution in [0.4, 0.5) is 5.00 Å². The van der Waals surface area contributed by atoms with Gasteiger partial charge in [0.25, 0.3) is 0 Å². The van der Waals surface area contributed by atoms with Gasteiger partial charge in [0.05, 0.1) is 12.1 Å². The normalized spacial score (nSPS) is 19.0. The van der Waals surface area contributed by atoms with Crippen molar-refractivity contribution in [1.29, 1.82) is 5.26 Å². The molecule has 1 fully saturated rings. The lowest BCUT2D eigenvalue weighted by Crippen LogP contribution is -2.32. The summed E-state index contributed by atoms with van der Waals surface area (Å²) < 4.78 is 0. The molecule has 0 bridgehead atoms. The van der Waals surface area contributed by atoms with Crippen LogP contribution in [0, 0.1) is 31.1 Å². The maximum Gasteiger partial charge on any atom is 0.239 e. The van der Waals surface area contributed by atoms with E-state index in [4.69, 9.17) is 11.0 Å².